The number of amides is 1. The summed E-state index contributed by atoms with van der Waals surface area (Å²) in [7, 11) is 1.64. The lowest BCUT2D eigenvalue weighted by atomic mass is 10.3. The van der Waals surface area contributed by atoms with Gasteiger partial charge < -0.3 is 9.64 Å². The maximum absolute atomic E-state index is 12.1. The van der Waals surface area contributed by atoms with Gasteiger partial charge in [0.25, 0.3) is 5.91 Å². The number of ether oxygens (including phenoxy) is 1. The minimum atomic E-state index is -0.676. The highest BCUT2D eigenvalue weighted by Crippen LogP contribution is 2.22. The number of nitrogens with zero attached hydrogens (tertiary/aromatic N) is 4. The van der Waals surface area contributed by atoms with Crippen LogP contribution in [0.2, 0.25) is 0 Å². The van der Waals surface area contributed by atoms with Crippen LogP contribution in [-0.4, -0.2) is 45.4 Å². The number of benzene rings is 1. The molecule has 0 radical (unpaired) electrons. The molecule has 0 bridgehead atoms. The molecule has 0 saturated carbocycles. The van der Waals surface area contributed by atoms with Crippen molar-refractivity contribution in [3.63, 3.8) is 0 Å². The van der Waals surface area contributed by atoms with Crippen LogP contribution in [0.4, 0.5) is 0 Å². The fourth-order valence-electron chi connectivity index (χ4n) is 1.99. The number of carbonyl (C=O) groups excluding carboxylic acids is 2. The van der Waals surface area contributed by atoms with Gasteiger partial charge in [-0.3, -0.25) is 9.78 Å². The molecular weight excluding hydrogens is 328 g/mol. The molecule has 7 nitrogen and oxygen atoms in total. The van der Waals surface area contributed by atoms with Crippen molar-refractivity contribution >= 4 is 33.4 Å². The maximum atomic E-state index is 12.1. The Balaban J connectivity index is 1.55. The number of esters is 1. The molecule has 8 heteroatoms. The minimum Gasteiger partial charge on any atom is -0.451 e. The molecule has 0 spiro atoms. The van der Waals surface area contributed by atoms with Crippen LogP contribution in [0.5, 0.6) is 0 Å². The molecule has 0 aliphatic heterocycles. The van der Waals surface area contributed by atoms with E-state index in [9.17, 15) is 9.59 Å². The van der Waals surface area contributed by atoms with E-state index in [0.717, 1.165) is 15.2 Å². The van der Waals surface area contributed by atoms with Crippen molar-refractivity contribution in [2.45, 2.75) is 6.54 Å². The average Bonchev–Trinajstić information content (AvgIpc) is 3.02. The summed E-state index contributed by atoms with van der Waals surface area (Å²) in [5, 5.41) is 0.826. The Morgan fingerprint density at radius 3 is 2.83 bits per heavy atom. The Bertz CT molecular complexity index is 833. The third kappa shape index (κ3) is 3.72. The molecule has 2 aromatic heterocycles. The second-order valence-electron chi connectivity index (χ2n) is 4.99. The van der Waals surface area contributed by atoms with Crippen molar-refractivity contribution in [3.05, 3.63) is 53.6 Å². The van der Waals surface area contributed by atoms with E-state index in [1.165, 1.54) is 34.8 Å². The first kappa shape index (κ1) is 16.0. The molecular formula is C16H14N4O3S. The van der Waals surface area contributed by atoms with Gasteiger partial charge in [-0.2, -0.15) is 0 Å². The van der Waals surface area contributed by atoms with Gasteiger partial charge in [-0.15, -0.1) is 11.3 Å². The van der Waals surface area contributed by atoms with Crippen molar-refractivity contribution < 1.29 is 14.3 Å². The predicted molar refractivity (Wildman–Crippen MR) is 88.4 cm³/mol. The van der Waals surface area contributed by atoms with Crippen LogP contribution in [0, 0.1) is 0 Å². The van der Waals surface area contributed by atoms with Crippen molar-refractivity contribution in [2.24, 2.45) is 0 Å². The fraction of sp³-hybridized carbons (Fsp3) is 0.188. The number of likely N-dealkylation sites (N-methyl/N-ethyl adjacent to an activating group) is 1. The Hall–Kier alpha value is -2.87. The quantitative estimate of drug-likeness (QED) is 0.658. The highest BCUT2D eigenvalue weighted by molar-refractivity contribution is 7.18. The zero-order chi connectivity index (χ0) is 16.9. The fourth-order valence-corrected chi connectivity index (χ4v) is 3.02. The van der Waals surface area contributed by atoms with E-state index in [1.54, 1.807) is 7.05 Å². The lowest BCUT2D eigenvalue weighted by molar-refractivity contribution is -0.133. The minimum absolute atomic E-state index is 0.0686. The molecule has 3 aromatic rings. The second kappa shape index (κ2) is 7.14. The number of rotatable bonds is 5. The SMILES string of the molecule is CN(Cc1nc2ccccc2s1)C(=O)COC(=O)c1cnccn1. The standard InChI is InChI=1S/C16H14N4O3S/c1-20(9-14-19-11-4-2-3-5-13(11)24-14)15(21)10-23-16(22)12-8-17-6-7-18-12/h2-8H,9-10H2,1H3. The monoisotopic (exact) mass is 342 g/mol. The maximum Gasteiger partial charge on any atom is 0.359 e. The van der Waals surface area contributed by atoms with Crippen LogP contribution < -0.4 is 0 Å². The van der Waals surface area contributed by atoms with Crippen molar-refractivity contribution in [2.75, 3.05) is 13.7 Å². The van der Waals surface area contributed by atoms with Gasteiger partial charge >= 0.3 is 5.97 Å². The molecule has 0 unspecified atom stereocenters. The van der Waals surface area contributed by atoms with E-state index in [2.05, 4.69) is 15.0 Å². The summed E-state index contributed by atoms with van der Waals surface area (Å²) in [5.41, 5.74) is 0.978. The number of hydrogen-bond acceptors (Lipinski definition) is 7. The zero-order valence-corrected chi connectivity index (χ0v) is 13.7. The third-order valence-corrected chi connectivity index (χ3v) is 4.26. The molecule has 3 rings (SSSR count). The lowest BCUT2D eigenvalue weighted by Crippen LogP contribution is -2.30. The lowest BCUT2D eigenvalue weighted by Gasteiger charge is -2.15. The smallest absolute Gasteiger partial charge is 0.359 e. The van der Waals surface area contributed by atoms with E-state index in [0.29, 0.717) is 6.54 Å². The Morgan fingerprint density at radius 1 is 1.25 bits per heavy atom. The van der Waals surface area contributed by atoms with Crippen LogP contribution in [0.1, 0.15) is 15.5 Å². The molecule has 0 aliphatic carbocycles. The highest BCUT2D eigenvalue weighted by atomic mass is 32.1. The molecule has 0 atom stereocenters. The first-order valence-electron chi connectivity index (χ1n) is 7.15. The summed E-state index contributed by atoms with van der Waals surface area (Å²) in [6.45, 7) is 0.0116. The van der Waals surface area contributed by atoms with Gasteiger partial charge in [-0.05, 0) is 12.1 Å². The number of thiazole rings is 1. The first-order valence-corrected chi connectivity index (χ1v) is 7.96. The molecule has 2 heterocycles. The number of aromatic nitrogens is 3. The van der Waals surface area contributed by atoms with Gasteiger partial charge in [0.05, 0.1) is 23.0 Å². The number of para-hydroxylation sites is 1. The predicted octanol–water partition coefficient (Wildman–Crippen LogP) is 1.90. The van der Waals surface area contributed by atoms with Gasteiger partial charge in [0.1, 0.15) is 5.01 Å². The molecule has 0 saturated heterocycles. The van der Waals surface area contributed by atoms with Crippen LogP contribution in [0.3, 0.4) is 0 Å². The van der Waals surface area contributed by atoms with E-state index in [4.69, 9.17) is 4.74 Å². The van der Waals surface area contributed by atoms with E-state index < -0.39 is 5.97 Å². The summed E-state index contributed by atoms with van der Waals surface area (Å²) in [6, 6.07) is 7.79. The van der Waals surface area contributed by atoms with Gasteiger partial charge in [0, 0.05) is 19.4 Å². The van der Waals surface area contributed by atoms with Crippen LogP contribution in [0.15, 0.2) is 42.9 Å². The van der Waals surface area contributed by atoms with Crippen molar-refractivity contribution in [3.8, 4) is 0 Å². The summed E-state index contributed by atoms with van der Waals surface area (Å²) >= 11 is 1.53. The van der Waals surface area contributed by atoms with Gasteiger partial charge in [-0.25, -0.2) is 14.8 Å². The van der Waals surface area contributed by atoms with Gasteiger partial charge in [0.15, 0.2) is 12.3 Å². The van der Waals surface area contributed by atoms with Crippen LogP contribution in [-0.2, 0) is 16.1 Å². The van der Waals surface area contributed by atoms with Crippen LogP contribution >= 0.6 is 11.3 Å². The summed E-state index contributed by atoms with van der Waals surface area (Å²) in [5.74, 6) is -0.990. The summed E-state index contributed by atoms with van der Waals surface area (Å²) in [6.07, 6.45) is 4.13. The molecule has 1 aromatic carbocycles. The Labute approximate surface area is 141 Å². The molecule has 24 heavy (non-hydrogen) atoms. The number of carbonyl (C=O) groups is 2. The van der Waals surface area contributed by atoms with E-state index in [-0.39, 0.29) is 18.2 Å². The highest BCUT2D eigenvalue weighted by Gasteiger charge is 2.16. The van der Waals surface area contributed by atoms with E-state index >= 15 is 0 Å². The topological polar surface area (TPSA) is 85.3 Å². The van der Waals surface area contributed by atoms with Crippen molar-refractivity contribution in [1.29, 1.82) is 0 Å². The van der Waals surface area contributed by atoms with Crippen LogP contribution in [0.25, 0.3) is 10.2 Å². The summed E-state index contributed by atoms with van der Waals surface area (Å²) < 4.78 is 6.03. The molecule has 1 amide bonds. The third-order valence-electron chi connectivity index (χ3n) is 3.24. The van der Waals surface area contributed by atoms with E-state index in [1.807, 2.05) is 24.3 Å². The Kier molecular flexibility index (Phi) is 4.76. The molecule has 0 aliphatic rings. The molecule has 122 valence electrons. The normalized spacial score (nSPS) is 10.5. The first-order chi connectivity index (χ1) is 11.6. The molecule has 0 N–H and O–H groups in total. The molecule has 0 fully saturated rings. The second-order valence-corrected chi connectivity index (χ2v) is 6.11. The number of hydrogen-bond donors (Lipinski definition) is 0. The van der Waals surface area contributed by atoms with Gasteiger partial charge in [0.2, 0.25) is 0 Å². The van der Waals surface area contributed by atoms with Gasteiger partial charge in [-0.1, -0.05) is 12.1 Å². The Morgan fingerprint density at radius 2 is 2.08 bits per heavy atom. The zero-order valence-electron chi connectivity index (χ0n) is 12.9. The largest absolute Gasteiger partial charge is 0.451 e. The number of fused-ring (bicyclic) bond motifs is 1. The van der Waals surface area contributed by atoms with Crippen molar-refractivity contribution in [1.82, 2.24) is 19.9 Å². The summed E-state index contributed by atoms with van der Waals surface area (Å²) in [4.78, 5) is 37.4. The average molecular weight is 342 g/mol.